The zero-order chi connectivity index (χ0) is 13.2. The van der Waals surface area contributed by atoms with Crippen molar-refractivity contribution in [3.63, 3.8) is 0 Å². The summed E-state index contributed by atoms with van der Waals surface area (Å²) in [4.78, 5) is 0. The second-order valence-electron chi connectivity index (χ2n) is 5.71. The lowest BCUT2D eigenvalue weighted by Gasteiger charge is -2.24. The molecule has 0 saturated carbocycles. The molecule has 0 amide bonds. The first-order valence-corrected chi connectivity index (χ1v) is 7.24. The summed E-state index contributed by atoms with van der Waals surface area (Å²) in [6, 6.07) is 3.30. The summed E-state index contributed by atoms with van der Waals surface area (Å²) in [6.45, 7) is 6.82. The van der Waals surface area contributed by atoms with E-state index in [4.69, 9.17) is 9.47 Å². The van der Waals surface area contributed by atoms with E-state index in [2.05, 4.69) is 35.0 Å². The Labute approximate surface area is 114 Å². The van der Waals surface area contributed by atoms with Crippen molar-refractivity contribution in [2.24, 2.45) is 0 Å². The minimum atomic E-state index is 0.116. The van der Waals surface area contributed by atoms with Crippen LogP contribution in [0.1, 0.15) is 44.5 Å². The fourth-order valence-corrected chi connectivity index (χ4v) is 3.00. The smallest absolute Gasteiger partial charge is 0.114 e. The largest absolute Gasteiger partial charge is 0.380 e. The lowest BCUT2D eigenvalue weighted by atomic mass is 10.1. The molecule has 0 radical (unpaired) electrons. The van der Waals surface area contributed by atoms with E-state index in [0.29, 0.717) is 18.1 Å². The topological polar surface area (TPSA) is 48.3 Å². The van der Waals surface area contributed by atoms with Gasteiger partial charge in [-0.15, -0.1) is 0 Å². The van der Waals surface area contributed by atoms with Gasteiger partial charge >= 0.3 is 0 Å². The van der Waals surface area contributed by atoms with Crippen LogP contribution < -0.4 is 5.32 Å². The van der Waals surface area contributed by atoms with Crippen molar-refractivity contribution >= 4 is 0 Å². The molecule has 0 unspecified atom stereocenters. The first kappa shape index (κ1) is 13.1. The van der Waals surface area contributed by atoms with Gasteiger partial charge in [0.2, 0.25) is 0 Å². The van der Waals surface area contributed by atoms with Gasteiger partial charge in [-0.2, -0.15) is 5.10 Å². The van der Waals surface area contributed by atoms with Gasteiger partial charge in [0, 0.05) is 37.5 Å². The van der Waals surface area contributed by atoms with Crippen molar-refractivity contribution in [1.29, 1.82) is 0 Å². The third-order valence-corrected chi connectivity index (χ3v) is 3.95. The maximum Gasteiger partial charge on any atom is 0.114 e. The molecule has 0 spiro atoms. The van der Waals surface area contributed by atoms with Crippen LogP contribution in [0.5, 0.6) is 0 Å². The van der Waals surface area contributed by atoms with E-state index in [9.17, 15) is 0 Å². The molecule has 2 saturated heterocycles. The van der Waals surface area contributed by atoms with E-state index in [1.165, 1.54) is 5.69 Å². The lowest BCUT2D eigenvalue weighted by molar-refractivity contribution is 0.0869. The Balaban J connectivity index is 1.73. The van der Waals surface area contributed by atoms with E-state index >= 15 is 0 Å². The highest BCUT2D eigenvalue weighted by Gasteiger charge is 2.34. The highest BCUT2D eigenvalue weighted by molar-refractivity contribution is 5.11. The first-order valence-electron chi connectivity index (χ1n) is 7.24. The van der Waals surface area contributed by atoms with Gasteiger partial charge in [-0.05, 0) is 32.8 Å². The van der Waals surface area contributed by atoms with Gasteiger partial charge in [0.25, 0.3) is 0 Å². The van der Waals surface area contributed by atoms with Crippen LogP contribution in [0.15, 0.2) is 12.3 Å². The van der Waals surface area contributed by atoms with Gasteiger partial charge in [0.1, 0.15) is 6.10 Å². The predicted octanol–water partition coefficient (Wildman–Crippen LogP) is 1.67. The number of rotatable bonds is 4. The molecule has 0 aromatic carbocycles. The summed E-state index contributed by atoms with van der Waals surface area (Å²) in [5.74, 6) is 0. The Bertz CT molecular complexity index is 413. The summed E-state index contributed by atoms with van der Waals surface area (Å²) in [7, 11) is 0. The average Bonchev–Trinajstić information content (AvgIpc) is 3.08. The van der Waals surface area contributed by atoms with Gasteiger partial charge in [-0.25, -0.2) is 0 Å². The Morgan fingerprint density at radius 1 is 1.37 bits per heavy atom. The Morgan fingerprint density at radius 2 is 2.26 bits per heavy atom. The molecule has 3 heterocycles. The Hall–Kier alpha value is -0.910. The zero-order valence-electron chi connectivity index (χ0n) is 11.7. The maximum atomic E-state index is 5.95. The Kier molecular flexibility index (Phi) is 3.86. The van der Waals surface area contributed by atoms with Gasteiger partial charge in [0.15, 0.2) is 0 Å². The van der Waals surface area contributed by atoms with Crippen LogP contribution in [0.25, 0.3) is 0 Å². The molecule has 0 aliphatic carbocycles. The van der Waals surface area contributed by atoms with Crippen molar-refractivity contribution in [2.45, 2.75) is 50.9 Å². The quantitative estimate of drug-likeness (QED) is 0.899. The van der Waals surface area contributed by atoms with Crippen molar-refractivity contribution < 1.29 is 9.47 Å². The Morgan fingerprint density at radius 3 is 3.00 bits per heavy atom. The van der Waals surface area contributed by atoms with Crippen LogP contribution in [-0.2, 0) is 9.47 Å². The molecule has 2 aliphatic heterocycles. The molecule has 2 fully saturated rings. The van der Waals surface area contributed by atoms with Gasteiger partial charge in [-0.3, -0.25) is 4.68 Å². The molecule has 19 heavy (non-hydrogen) atoms. The number of nitrogens with zero attached hydrogens (tertiary/aromatic N) is 2. The molecule has 1 aromatic heterocycles. The number of aromatic nitrogens is 2. The lowest BCUT2D eigenvalue weighted by Crippen LogP contribution is -2.40. The second kappa shape index (κ2) is 5.61. The molecule has 106 valence electrons. The standard InChI is InChI=1S/C14H23N3O2/c1-10(2)17-13(3-6-15-17)14-12(5-8-19-14)16-11-4-7-18-9-11/h3,6,10-12,14,16H,4-5,7-9H2,1-2H3/t11-,12-,14-/m0/s1. The molecular weight excluding hydrogens is 242 g/mol. The van der Waals surface area contributed by atoms with Crippen LogP contribution >= 0.6 is 0 Å². The minimum Gasteiger partial charge on any atom is -0.380 e. The van der Waals surface area contributed by atoms with E-state index in [-0.39, 0.29) is 6.10 Å². The summed E-state index contributed by atoms with van der Waals surface area (Å²) >= 11 is 0. The highest BCUT2D eigenvalue weighted by Crippen LogP contribution is 2.31. The summed E-state index contributed by atoms with van der Waals surface area (Å²) in [5, 5.41) is 8.10. The summed E-state index contributed by atoms with van der Waals surface area (Å²) in [6.07, 6.45) is 4.15. The van der Waals surface area contributed by atoms with Crippen LogP contribution in [0.4, 0.5) is 0 Å². The van der Waals surface area contributed by atoms with Crippen LogP contribution in [0.3, 0.4) is 0 Å². The molecule has 1 N–H and O–H groups in total. The minimum absolute atomic E-state index is 0.116. The second-order valence-corrected chi connectivity index (χ2v) is 5.71. The van der Waals surface area contributed by atoms with Crippen LogP contribution in [0, 0.1) is 0 Å². The van der Waals surface area contributed by atoms with Crippen LogP contribution in [0.2, 0.25) is 0 Å². The van der Waals surface area contributed by atoms with Crippen molar-refractivity contribution in [3.05, 3.63) is 18.0 Å². The summed E-state index contributed by atoms with van der Waals surface area (Å²) < 4.78 is 13.4. The predicted molar refractivity (Wildman–Crippen MR) is 72.1 cm³/mol. The van der Waals surface area contributed by atoms with E-state index in [1.807, 2.05) is 6.20 Å². The van der Waals surface area contributed by atoms with Crippen LogP contribution in [-0.4, -0.2) is 41.7 Å². The molecule has 3 rings (SSSR count). The molecular formula is C14H23N3O2. The van der Waals surface area contributed by atoms with Gasteiger partial charge in [0.05, 0.1) is 12.3 Å². The molecule has 3 atom stereocenters. The van der Waals surface area contributed by atoms with E-state index in [0.717, 1.165) is 32.7 Å². The number of ether oxygens (including phenoxy) is 2. The first-order chi connectivity index (χ1) is 9.25. The van der Waals surface area contributed by atoms with E-state index in [1.54, 1.807) is 0 Å². The monoisotopic (exact) mass is 265 g/mol. The van der Waals surface area contributed by atoms with Crippen molar-refractivity contribution in [3.8, 4) is 0 Å². The molecule has 2 aliphatic rings. The molecule has 0 bridgehead atoms. The van der Waals surface area contributed by atoms with Crippen molar-refractivity contribution in [2.75, 3.05) is 19.8 Å². The highest BCUT2D eigenvalue weighted by atomic mass is 16.5. The fourth-order valence-electron chi connectivity index (χ4n) is 3.00. The van der Waals surface area contributed by atoms with Crippen molar-refractivity contribution in [1.82, 2.24) is 15.1 Å². The number of hydrogen-bond donors (Lipinski definition) is 1. The number of hydrogen-bond acceptors (Lipinski definition) is 4. The zero-order valence-corrected chi connectivity index (χ0v) is 11.7. The van der Waals surface area contributed by atoms with Gasteiger partial charge < -0.3 is 14.8 Å². The molecule has 5 heteroatoms. The fraction of sp³-hybridized carbons (Fsp3) is 0.786. The molecule has 5 nitrogen and oxygen atoms in total. The maximum absolute atomic E-state index is 5.95. The van der Waals surface area contributed by atoms with Gasteiger partial charge in [-0.1, -0.05) is 0 Å². The third kappa shape index (κ3) is 2.68. The molecule has 1 aromatic rings. The third-order valence-electron chi connectivity index (χ3n) is 3.95. The summed E-state index contributed by atoms with van der Waals surface area (Å²) in [5.41, 5.74) is 1.18. The number of nitrogens with one attached hydrogen (secondary N) is 1. The normalized spacial score (nSPS) is 31.4. The average molecular weight is 265 g/mol. The SMILES string of the molecule is CC(C)n1nccc1[C@H]1OCC[C@@H]1N[C@H]1CCOC1. The van der Waals surface area contributed by atoms with E-state index < -0.39 is 0 Å².